The predicted molar refractivity (Wildman–Crippen MR) is 94.3 cm³/mol. The molecule has 0 N–H and O–H groups in total. The summed E-state index contributed by atoms with van der Waals surface area (Å²) in [5.41, 5.74) is 1.15. The number of benzene rings is 1. The predicted octanol–water partition coefficient (Wildman–Crippen LogP) is 4.90. The molecule has 140 valence electrons. The highest BCUT2D eigenvalue weighted by molar-refractivity contribution is 7.14. The zero-order chi connectivity index (χ0) is 19.6. The summed E-state index contributed by atoms with van der Waals surface area (Å²) in [5.74, 6) is -2.49. The van der Waals surface area contributed by atoms with Crippen LogP contribution in [0.2, 0.25) is 0 Å². The SMILES string of the molecule is COC(=O)c1cc(-c2ncc(F)cc2OCc2cc(F)cc(F)c2)c(C)s1. The summed E-state index contributed by atoms with van der Waals surface area (Å²) in [6.07, 6.45) is 1.03. The van der Waals surface area contributed by atoms with Crippen molar-refractivity contribution in [2.24, 2.45) is 0 Å². The first kappa shape index (κ1) is 18.9. The van der Waals surface area contributed by atoms with Crippen LogP contribution < -0.4 is 4.74 Å². The summed E-state index contributed by atoms with van der Waals surface area (Å²) < 4.78 is 50.6. The van der Waals surface area contributed by atoms with E-state index in [4.69, 9.17) is 9.47 Å². The fourth-order valence-corrected chi connectivity index (χ4v) is 3.45. The molecule has 0 amide bonds. The van der Waals surface area contributed by atoms with Gasteiger partial charge in [0.15, 0.2) is 0 Å². The topological polar surface area (TPSA) is 48.4 Å². The van der Waals surface area contributed by atoms with Gasteiger partial charge in [0.1, 0.15) is 40.4 Å². The molecule has 3 aromatic rings. The first-order chi connectivity index (χ1) is 12.9. The Morgan fingerprint density at radius 2 is 1.78 bits per heavy atom. The molecule has 0 aliphatic carbocycles. The van der Waals surface area contributed by atoms with Crippen LogP contribution in [0.3, 0.4) is 0 Å². The maximum absolute atomic E-state index is 13.7. The lowest BCUT2D eigenvalue weighted by molar-refractivity contribution is 0.0606. The average Bonchev–Trinajstić information content (AvgIpc) is 3.00. The van der Waals surface area contributed by atoms with E-state index in [-0.39, 0.29) is 17.9 Å². The van der Waals surface area contributed by atoms with Crippen molar-refractivity contribution in [1.29, 1.82) is 0 Å². The molecule has 2 heterocycles. The van der Waals surface area contributed by atoms with Crippen molar-refractivity contribution >= 4 is 17.3 Å². The maximum Gasteiger partial charge on any atom is 0.348 e. The summed E-state index contributed by atoms with van der Waals surface area (Å²) in [7, 11) is 1.28. The highest BCUT2D eigenvalue weighted by Crippen LogP contribution is 2.36. The molecule has 4 nitrogen and oxygen atoms in total. The van der Waals surface area contributed by atoms with Crippen LogP contribution in [-0.4, -0.2) is 18.1 Å². The Morgan fingerprint density at radius 1 is 1.07 bits per heavy atom. The molecule has 0 atom stereocenters. The van der Waals surface area contributed by atoms with E-state index in [1.165, 1.54) is 18.4 Å². The fraction of sp³-hybridized carbons (Fsp3) is 0.158. The Balaban J connectivity index is 1.94. The minimum atomic E-state index is -0.734. The second kappa shape index (κ2) is 7.79. The molecule has 0 radical (unpaired) electrons. The maximum atomic E-state index is 13.7. The number of methoxy groups -OCH3 is 1. The molecule has 0 spiro atoms. The number of pyridine rings is 1. The van der Waals surface area contributed by atoms with Gasteiger partial charge in [0.05, 0.1) is 13.3 Å². The minimum absolute atomic E-state index is 0.0944. The Hall–Kier alpha value is -2.87. The van der Waals surface area contributed by atoms with Crippen molar-refractivity contribution in [2.45, 2.75) is 13.5 Å². The van der Waals surface area contributed by atoms with Crippen LogP contribution in [0, 0.1) is 24.4 Å². The van der Waals surface area contributed by atoms with Crippen LogP contribution in [0.25, 0.3) is 11.3 Å². The molecule has 3 rings (SSSR count). The fourth-order valence-electron chi connectivity index (χ4n) is 2.51. The van der Waals surface area contributed by atoms with Gasteiger partial charge in [0.25, 0.3) is 0 Å². The molecule has 1 aromatic carbocycles. The lowest BCUT2D eigenvalue weighted by Gasteiger charge is -2.11. The molecule has 27 heavy (non-hydrogen) atoms. The van der Waals surface area contributed by atoms with E-state index in [1.807, 2.05) is 0 Å². The summed E-state index contributed by atoms with van der Waals surface area (Å²) in [6, 6.07) is 5.72. The van der Waals surface area contributed by atoms with E-state index in [0.29, 0.717) is 16.1 Å². The van der Waals surface area contributed by atoms with Gasteiger partial charge >= 0.3 is 5.97 Å². The molecule has 2 aromatic heterocycles. The Labute approximate surface area is 157 Å². The first-order valence-electron chi connectivity index (χ1n) is 7.80. The number of ether oxygens (including phenoxy) is 2. The smallest absolute Gasteiger partial charge is 0.348 e. The summed E-state index contributed by atoms with van der Waals surface area (Å²) in [6.45, 7) is 1.60. The lowest BCUT2D eigenvalue weighted by atomic mass is 10.1. The van der Waals surface area contributed by atoms with Crippen LogP contribution in [0.1, 0.15) is 20.1 Å². The number of carbonyl (C=O) groups is 1. The van der Waals surface area contributed by atoms with E-state index in [0.717, 1.165) is 35.3 Å². The standard InChI is InChI=1S/C19H14F3NO3S/c1-10-15(7-17(27-10)19(24)25-2)18-16(6-14(22)8-23-18)26-9-11-3-12(20)5-13(21)4-11/h3-8H,9H2,1-2H3. The summed E-state index contributed by atoms with van der Waals surface area (Å²) in [4.78, 5) is 16.9. The number of halogens is 3. The van der Waals surface area contributed by atoms with E-state index in [1.54, 1.807) is 13.0 Å². The summed E-state index contributed by atoms with van der Waals surface area (Å²) >= 11 is 1.21. The van der Waals surface area contributed by atoms with Gasteiger partial charge in [-0.15, -0.1) is 11.3 Å². The van der Waals surface area contributed by atoms with Gasteiger partial charge in [-0.1, -0.05) is 0 Å². The second-order valence-corrected chi connectivity index (χ2v) is 6.90. The third-order valence-electron chi connectivity index (χ3n) is 3.70. The molecular weight excluding hydrogens is 379 g/mol. The van der Waals surface area contributed by atoms with Crippen molar-refractivity contribution < 1.29 is 27.4 Å². The van der Waals surface area contributed by atoms with Crippen molar-refractivity contribution in [3.05, 3.63) is 69.3 Å². The van der Waals surface area contributed by atoms with Gasteiger partial charge in [0, 0.05) is 22.6 Å². The Morgan fingerprint density at radius 3 is 2.44 bits per heavy atom. The number of hydrogen-bond acceptors (Lipinski definition) is 5. The third kappa shape index (κ3) is 4.28. The van der Waals surface area contributed by atoms with E-state index >= 15 is 0 Å². The van der Waals surface area contributed by atoms with Crippen molar-refractivity contribution in [3.8, 4) is 17.0 Å². The quantitative estimate of drug-likeness (QED) is 0.579. The van der Waals surface area contributed by atoms with Crippen LogP contribution in [0.4, 0.5) is 13.2 Å². The summed E-state index contributed by atoms with van der Waals surface area (Å²) in [5, 5.41) is 0. The van der Waals surface area contributed by atoms with Crippen LogP contribution in [-0.2, 0) is 11.3 Å². The molecule has 8 heteroatoms. The molecule has 0 aliphatic heterocycles. The largest absolute Gasteiger partial charge is 0.487 e. The number of aromatic nitrogens is 1. The van der Waals surface area contributed by atoms with Crippen molar-refractivity contribution in [1.82, 2.24) is 4.98 Å². The van der Waals surface area contributed by atoms with Gasteiger partial charge in [-0.05, 0) is 30.7 Å². The first-order valence-corrected chi connectivity index (χ1v) is 8.61. The Bertz CT molecular complexity index is 984. The van der Waals surface area contributed by atoms with E-state index in [9.17, 15) is 18.0 Å². The van der Waals surface area contributed by atoms with Gasteiger partial charge in [-0.2, -0.15) is 0 Å². The van der Waals surface area contributed by atoms with Crippen LogP contribution in [0.5, 0.6) is 5.75 Å². The highest BCUT2D eigenvalue weighted by Gasteiger charge is 2.18. The van der Waals surface area contributed by atoms with Gasteiger partial charge in [-0.25, -0.2) is 22.9 Å². The number of aryl methyl sites for hydroxylation is 1. The number of hydrogen-bond donors (Lipinski definition) is 0. The zero-order valence-electron chi connectivity index (χ0n) is 14.4. The zero-order valence-corrected chi connectivity index (χ0v) is 15.2. The molecule has 0 fully saturated rings. The minimum Gasteiger partial charge on any atom is -0.487 e. The molecule has 0 aliphatic rings. The monoisotopic (exact) mass is 393 g/mol. The van der Waals surface area contributed by atoms with Crippen molar-refractivity contribution in [3.63, 3.8) is 0 Å². The number of esters is 1. The normalized spacial score (nSPS) is 10.7. The Kier molecular flexibility index (Phi) is 5.46. The second-order valence-electron chi connectivity index (χ2n) is 5.64. The highest BCUT2D eigenvalue weighted by atomic mass is 32.1. The average molecular weight is 393 g/mol. The molecular formula is C19H14F3NO3S. The molecule has 0 bridgehead atoms. The van der Waals surface area contributed by atoms with E-state index in [2.05, 4.69) is 4.98 Å². The number of nitrogens with zero attached hydrogens (tertiary/aromatic N) is 1. The van der Waals surface area contributed by atoms with Crippen LogP contribution >= 0.6 is 11.3 Å². The molecule has 0 saturated carbocycles. The van der Waals surface area contributed by atoms with Gasteiger partial charge in [-0.3, -0.25) is 0 Å². The number of rotatable bonds is 5. The van der Waals surface area contributed by atoms with Crippen molar-refractivity contribution in [2.75, 3.05) is 7.11 Å². The molecule has 0 unspecified atom stereocenters. The lowest BCUT2D eigenvalue weighted by Crippen LogP contribution is -2.01. The van der Waals surface area contributed by atoms with Gasteiger partial charge < -0.3 is 9.47 Å². The number of thiophene rings is 1. The van der Waals surface area contributed by atoms with Crippen LogP contribution in [0.15, 0.2) is 36.5 Å². The van der Waals surface area contributed by atoms with Gasteiger partial charge in [0.2, 0.25) is 0 Å². The molecule has 0 saturated heterocycles. The third-order valence-corrected chi connectivity index (χ3v) is 4.73. The number of carbonyl (C=O) groups excluding carboxylic acids is 1. The van der Waals surface area contributed by atoms with E-state index < -0.39 is 23.4 Å².